The third kappa shape index (κ3) is 2.62. The number of carbonyl (C=O) groups is 1. The van der Waals surface area contributed by atoms with E-state index in [0.717, 1.165) is 16.7 Å². The van der Waals surface area contributed by atoms with Gasteiger partial charge in [0.25, 0.3) is 0 Å². The van der Waals surface area contributed by atoms with Crippen LogP contribution in [0.25, 0.3) is 11.0 Å². The van der Waals surface area contributed by atoms with Gasteiger partial charge in [0, 0.05) is 18.2 Å². The van der Waals surface area contributed by atoms with E-state index >= 15 is 0 Å². The number of fused-ring (bicyclic) bond motifs is 1. The maximum atomic E-state index is 11.7. The maximum absolute atomic E-state index is 11.7. The second-order valence-corrected chi connectivity index (χ2v) is 4.13. The van der Waals surface area contributed by atoms with E-state index in [4.69, 9.17) is 4.42 Å². The fraction of sp³-hybridized carbons (Fsp3) is 0.154. The number of anilines is 1. The minimum Gasteiger partial charge on any atom is -0.461 e. The first-order valence-electron chi connectivity index (χ1n) is 5.94. The lowest BCUT2D eigenvalue weighted by atomic mass is 10.2. The van der Waals surface area contributed by atoms with Gasteiger partial charge in [0.05, 0.1) is 0 Å². The lowest BCUT2D eigenvalue weighted by molar-refractivity contribution is -0.116. The van der Waals surface area contributed by atoms with Crippen molar-refractivity contribution < 1.29 is 9.21 Å². The minimum absolute atomic E-state index is 0.128. The Balaban J connectivity index is 1.61. The van der Waals surface area contributed by atoms with Crippen LogP contribution in [0.5, 0.6) is 0 Å². The summed E-state index contributed by atoms with van der Waals surface area (Å²) < 4.78 is 5.64. The van der Waals surface area contributed by atoms with Crippen molar-refractivity contribution in [3.63, 3.8) is 0 Å². The Labute approximate surface area is 108 Å². The Bertz CT molecular complexity index is 655. The number of furan rings is 1. The van der Waals surface area contributed by atoms with E-state index in [0.29, 0.717) is 18.8 Å². The second kappa shape index (κ2) is 4.93. The molecule has 96 valence electrons. The molecular weight excluding hydrogens is 244 g/mol. The van der Waals surface area contributed by atoms with Crippen LogP contribution >= 0.6 is 0 Å². The zero-order valence-electron chi connectivity index (χ0n) is 10.1. The highest BCUT2D eigenvalue weighted by Crippen LogP contribution is 2.19. The molecule has 1 aromatic carbocycles. The minimum atomic E-state index is -0.128. The summed E-state index contributed by atoms with van der Waals surface area (Å²) in [5.41, 5.74) is 0.841. The van der Waals surface area contributed by atoms with Gasteiger partial charge in [0.2, 0.25) is 11.9 Å². The molecule has 2 N–H and O–H groups in total. The SMILES string of the molecule is O=C(CCc1cc2ccccc2o1)Nc1ncn[nH]1. The number of H-pyrrole nitrogens is 1. The van der Waals surface area contributed by atoms with Crippen molar-refractivity contribution in [1.29, 1.82) is 0 Å². The zero-order chi connectivity index (χ0) is 13.1. The number of nitrogens with zero attached hydrogens (tertiary/aromatic N) is 2. The van der Waals surface area contributed by atoms with Crippen LogP contribution in [-0.4, -0.2) is 21.1 Å². The number of nitrogens with one attached hydrogen (secondary N) is 2. The summed E-state index contributed by atoms with van der Waals surface area (Å²) in [5, 5.41) is 9.89. The summed E-state index contributed by atoms with van der Waals surface area (Å²) >= 11 is 0. The average Bonchev–Trinajstić information content (AvgIpc) is 3.04. The summed E-state index contributed by atoms with van der Waals surface area (Å²) in [7, 11) is 0. The standard InChI is InChI=1S/C13H12N4O2/c18-12(16-13-14-8-15-17-13)6-5-10-7-9-3-1-2-4-11(9)19-10/h1-4,7-8H,5-6H2,(H2,14,15,16,17,18). The molecule has 0 spiro atoms. The highest BCUT2D eigenvalue weighted by Gasteiger charge is 2.08. The van der Waals surface area contributed by atoms with Gasteiger partial charge >= 0.3 is 0 Å². The van der Waals surface area contributed by atoms with Crippen molar-refractivity contribution in [3.8, 4) is 0 Å². The van der Waals surface area contributed by atoms with Gasteiger partial charge in [-0.2, -0.15) is 10.1 Å². The van der Waals surface area contributed by atoms with Gasteiger partial charge < -0.3 is 4.42 Å². The van der Waals surface area contributed by atoms with Crippen molar-refractivity contribution in [3.05, 3.63) is 42.4 Å². The Morgan fingerprint density at radius 1 is 1.37 bits per heavy atom. The predicted octanol–water partition coefficient (Wildman–Crippen LogP) is 2.12. The molecule has 2 heterocycles. The van der Waals surface area contributed by atoms with E-state index in [1.807, 2.05) is 30.3 Å². The van der Waals surface area contributed by atoms with Gasteiger partial charge in [-0.05, 0) is 12.1 Å². The molecule has 6 heteroatoms. The first-order chi connectivity index (χ1) is 9.31. The summed E-state index contributed by atoms with van der Waals surface area (Å²) in [6.07, 6.45) is 2.23. The van der Waals surface area contributed by atoms with E-state index in [9.17, 15) is 4.79 Å². The first-order valence-corrected chi connectivity index (χ1v) is 5.94. The molecule has 3 rings (SSSR count). The lowest BCUT2D eigenvalue weighted by Gasteiger charge is -1.99. The fourth-order valence-corrected chi connectivity index (χ4v) is 1.86. The van der Waals surface area contributed by atoms with Crippen molar-refractivity contribution >= 4 is 22.8 Å². The Morgan fingerprint density at radius 2 is 2.26 bits per heavy atom. The number of aromatic nitrogens is 3. The van der Waals surface area contributed by atoms with Crippen LogP contribution in [0.1, 0.15) is 12.2 Å². The van der Waals surface area contributed by atoms with Gasteiger partial charge in [0.15, 0.2) is 0 Å². The van der Waals surface area contributed by atoms with E-state index in [-0.39, 0.29) is 5.91 Å². The molecule has 1 amide bonds. The molecule has 0 aliphatic heterocycles. The van der Waals surface area contributed by atoms with Crippen molar-refractivity contribution in [2.75, 3.05) is 5.32 Å². The van der Waals surface area contributed by atoms with Gasteiger partial charge in [0.1, 0.15) is 17.7 Å². The number of carbonyl (C=O) groups excluding carboxylic acids is 1. The maximum Gasteiger partial charge on any atom is 0.227 e. The second-order valence-electron chi connectivity index (χ2n) is 4.13. The molecular formula is C13H12N4O2. The van der Waals surface area contributed by atoms with Crippen LogP contribution in [0.4, 0.5) is 5.95 Å². The molecule has 6 nitrogen and oxygen atoms in total. The van der Waals surface area contributed by atoms with Gasteiger partial charge in [-0.1, -0.05) is 18.2 Å². The largest absolute Gasteiger partial charge is 0.461 e. The highest BCUT2D eigenvalue weighted by molar-refractivity contribution is 5.89. The van der Waals surface area contributed by atoms with E-state index in [2.05, 4.69) is 20.5 Å². The van der Waals surface area contributed by atoms with Gasteiger partial charge in [-0.25, -0.2) is 5.10 Å². The van der Waals surface area contributed by atoms with Crippen LogP contribution in [-0.2, 0) is 11.2 Å². The number of hydrogen-bond donors (Lipinski definition) is 2. The molecule has 0 fully saturated rings. The molecule has 0 atom stereocenters. The molecule has 0 saturated heterocycles. The number of amides is 1. The summed E-state index contributed by atoms with van der Waals surface area (Å²) in [4.78, 5) is 15.5. The Hall–Kier alpha value is -2.63. The Kier molecular flexibility index (Phi) is 2.97. The average molecular weight is 256 g/mol. The number of hydrogen-bond acceptors (Lipinski definition) is 4. The topological polar surface area (TPSA) is 83.8 Å². The molecule has 0 aliphatic rings. The molecule has 0 bridgehead atoms. The molecule has 19 heavy (non-hydrogen) atoms. The van der Waals surface area contributed by atoms with Crippen LogP contribution in [0.3, 0.4) is 0 Å². The van der Waals surface area contributed by atoms with Crippen molar-refractivity contribution in [2.45, 2.75) is 12.8 Å². The van der Waals surface area contributed by atoms with Gasteiger partial charge in [-0.3, -0.25) is 10.1 Å². The summed E-state index contributed by atoms with van der Waals surface area (Å²) in [6, 6.07) is 9.73. The summed E-state index contributed by atoms with van der Waals surface area (Å²) in [6.45, 7) is 0. The molecule has 0 unspecified atom stereocenters. The zero-order valence-corrected chi connectivity index (χ0v) is 10.1. The number of aryl methyl sites for hydroxylation is 1. The number of aromatic amines is 1. The molecule has 2 aromatic heterocycles. The van der Waals surface area contributed by atoms with E-state index in [1.54, 1.807) is 0 Å². The van der Waals surface area contributed by atoms with E-state index in [1.165, 1.54) is 6.33 Å². The smallest absolute Gasteiger partial charge is 0.227 e. The lowest BCUT2D eigenvalue weighted by Crippen LogP contribution is -2.13. The van der Waals surface area contributed by atoms with Crippen LogP contribution < -0.4 is 5.32 Å². The molecule has 0 saturated carbocycles. The Morgan fingerprint density at radius 3 is 3.05 bits per heavy atom. The number of benzene rings is 1. The predicted molar refractivity (Wildman–Crippen MR) is 69.5 cm³/mol. The van der Waals surface area contributed by atoms with Crippen molar-refractivity contribution in [2.24, 2.45) is 0 Å². The summed E-state index contributed by atoms with van der Waals surface area (Å²) in [5.74, 6) is 1.03. The number of para-hydroxylation sites is 1. The quantitative estimate of drug-likeness (QED) is 0.748. The van der Waals surface area contributed by atoms with Crippen LogP contribution in [0, 0.1) is 0 Å². The van der Waals surface area contributed by atoms with Crippen molar-refractivity contribution in [1.82, 2.24) is 15.2 Å². The first kappa shape index (κ1) is 11.5. The number of rotatable bonds is 4. The molecule has 0 aliphatic carbocycles. The van der Waals surface area contributed by atoms with Gasteiger partial charge in [-0.15, -0.1) is 0 Å². The molecule has 3 aromatic rings. The normalized spacial score (nSPS) is 10.7. The fourth-order valence-electron chi connectivity index (χ4n) is 1.86. The molecule has 0 radical (unpaired) electrons. The highest BCUT2D eigenvalue weighted by atomic mass is 16.3. The van der Waals surface area contributed by atoms with E-state index < -0.39 is 0 Å². The third-order valence-corrected chi connectivity index (χ3v) is 2.75. The van der Waals surface area contributed by atoms with Crippen LogP contribution in [0.2, 0.25) is 0 Å². The monoisotopic (exact) mass is 256 g/mol. The third-order valence-electron chi connectivity index (χ3n) is 2.75. The van der Waals surface area contributed by atoms with Crippen LogP contribution in [0.15, 0.2) is 41.1 Å².